The summed E-state index contributed by atoms with van der Waals surface area (Å²) in [5.41, 5.74) is -1.05. The summed E-state index contributed by atoms with van der Waals surface area (Å²) in [5.74, 6) is -4.30. The molecule has 3 aromatic rings. The number of carboxylic acids is 1. The molecule has 2 aromatic carbocycles. The number of pyridine rings is 1. The molecule has 7 nitrogen and oxygen atoms in total. The number of hydrogen-bond acceptors (Lipinski definition) is 4. The van der Waals surface area contributed by atoms with Gasteiger partial charge in [-0.3, -0.25) is 14.4 Å². The molecule has 0 spiro atoms. The van der Waals surface area contributed by atoms with Crippen LogP contribution in [-0.4, -0.2) is 52.0 Å². The number of carbonyl (C=O) groups is 2. The molecule has 1 aliphatic carbocycles. The van der Waals surface area contributed by atoms with E-state index in [2.05, 4.69) is 17.2 Å². The first-order valence-electron chi connectivity index (χ1n) is 18.6. The quantitative estimate of drug-likeness (QED) is 0.141. The number of aryl methyl sites for hydroxylation is 3. The topological polar surface area (TPSA) is 91.6 Å². The van der Waals surface area contributed by atoms with Crippen molar-refractivity contribution in [3.05, 3.63) is 91.4 Å². The number of likely N-dealkylation sites (tertiary alicyclic amines) is 1. The summed E-state index contributed by atoms with van der Waals surface area (Å²) in [6, 6.07) is 1.92. The number of aliphatic carboxylic acids is 1. The van der Waals surface area contributed by atoms with E-state index in [4.69, 9.17) is 0 Å². The molecule has 2 heterocycles. The second-order valence-electron chi connectivity index (χ2n) is 15.6. The molecule has 2 fully saturated rings. The molecule has 3 atom stereocenters. The van der Waals surface area contributed by atoms with E-state index in [0.29, 0.717) is 22.8 Å². The maximum atomic E-state index is 16.8. The third-order valence-electron chi connectivity index (χ3n) is 10.7. The van der Waals surface area contributed by atoms with Gasteiger partial charge >= 0.3 is 12.1 Å². The van der Waals surface area contributed by atoms with Gasteiger partial charge in [-0.1, -0.05) is 37.5 Å². The first-order chi connectivity index (χ1) is 26.1. The van der Waals surface area contributed by atoms with Crippen molar-refractivity contribution in [2.24, 2.45) is 11.8 Å². The lowest BCUT2D eigenvalue weighted by Crippen LogP contribution is -2.41. The average molecular weight is 790 g/mol. The van der Waals surface area contributed by atoms with E-state index in [1.165, 1.54) is 13.0 Å². The first-order valence-corrected chi connectivity index (χ1v) is 18.6. The van der Waals surface area contributed by atoms with Crippen LogP contribution < -0.4 is 10.9 Å². The van der Waals surface area contributed by atoms with Gasteiger partial charge in [0.15, 0.2) is 0 Å². The van der Waals surface area contributed by atoms with Gasteiger partial charge in [-0.15, -0.1) is 5.92 Å². The van der Waals surface area contributed by atoms with Crippen LogP contribution >= 0.6 is 0 Å². The lowest BCUT2D eigenvalue weighted by molar-refractivity contribution is -0.139. The Morgan fingerprint density at radius 2 is 1.62 bits per heavy atom. The molecular weight excluding hydrogens is 743 g/mol. The van der Waals surface area contributed by atoms with Crippen molar-refractivity contribution in [1.29, 1.82) is 0 Å². The summed E-state index contributed by atoms with van der Waals surface area (Å²) < 4.78 is 104. The molecule has 1 aliphatic heterocycles. The van der Waals surface area contributed by atoms with Crippen LogP contribution in [0.15, 0.2) is 35.3 Å². The predicted molar refractivity (Wildman–Crippen MR) is 197 cm³/mol. The van der Waals surface area contributed by atoms with E-state index in [0.717, 1.165) is 16.3 Å². The van der Waals surface area contributed by atoms with Gasteiger partial charge in [0.1, 0.15) is 17.7 Å². The van der Waals surface area contributed by atoms with Crippen LogP contribution in [0.3, 0.4) is 0 Å². The molecule has 1 saturated carbocycles. The molecule has 1 saturated heterocycles. The monoisotopic (exact) mass is 789 g/mol. The van der Waals surface area contributed by atoms with E-state index >= 15 is 8.78 Å². The number of nitrogens with one attached hydrogen (secondary N) is 1. The fraction of sp³-hybridized carbons (Fsp3) is 0.500. The van der Waals surface area contributed by atoms with Gasteiger partial charge in [-0.2, -0.15) is 13.2 Å². The molecule has 2 aliphatic rings. The second kappa shape index (κ2) is 16.5. The Bertz CT molecular complexity index is 2100. The molecule has 0 unspecified atom stereocenters. The number of nitrogens with zero attached hydrogens (tertiary/aromatic N) is 2. The average Bonchev–Trinajstić information content (AvgIpc) is 3.69. The standard InChI is InChI=1S/C42H46F7N3O4/c1-7-8-27-16-29(36-24(5)14-23(4)15-25(36)6)39(44)37(38(27)43)32(18-35(54)55)50-40(56)33(13-22(2)3)52-21-30(31(17-34(52)53)42(47,48)49)26-9-11-51(12-10-26)20-28-19-41(28,45)46/h14-17,21-22,26,28,32-33H,9-13,18-20H2,1-6H3,(H,50,56)(H,54,55)/t28-,32-,33-/m1/s1. The highest BCUT2D eigenvalue weighted by molar-refractivity contribution is 5.82. The van der Waals surface area contributed by atoms with Crippen molar-refractivity contribution >= 4 is 11.9 Å². The SMILES string of the molecule is CC#Cc1cc(-c2c(C)cc(C)cc2C)c(F)c([C@@H](CC(=O)O)NC(=O)[C@@H](CC(C)C)n2cc(C3CCN(C[C@H]4CC4(F)F)CC3)c(C(F)(F)F)cc2=O)c1F. The molecule has 14 heteroatoms. The molecule has 302 valence electrons. The number of piperidine rings is 1. The normalized spacial score (nSPS) is 18.3. The van der Waals surface area contributed by atoms with Crippen LogP contribution in [-0.2, 0) is 15.8 Å². The summed E-state index contributed by atoms with van der Waals surface area (Å²) in [6.45, 7) is 10.8. The number of amides is 1. The molecule has 0 radical (unpaired) electrons. The van der Waals surface area contributed by atoms with Crippen LogP contribution in [0, 0.1) is 56.1 Å². The lowest BCUT2D eigenvalue weighted by Gasteiger charge is -2.34. The zero-order valence-electron chi connectivity index (χ0n) is 32.1. The van der Waals surface area contributed by atoms with Gasteiger partial charge in [0, 0.05) is 42.3 Å². The number of benzene rings is 2. The Balaban J connectivity index is 1.57. The summed E-state index contributed by atoms with van der Waals surface area (Å²) in [7, 11) is 0. The minimum absolute atomic E-state index is 0.0713. The van der Waals surface area contributed by atoms with Gasteiger partial charge in [-0.05, 0) is 100 Å². The number of rotatable bonds is 12. The Hall–Kier alpha value is -4.64. The van der Waals surface area contributed by atoms with Crippen molar-refractivity contribution in [2.75, 3.05) is 19.6 Å². The van der Waals surface area contributed by atoms with Gasteiger partial charge in [0.05, 0.1) is 23.6 Å². The smallest absolute Gasteiger partial charge is 0.416 e. The number of hydrogen-bond donors (Lipinski definition) is 2. The van der Waals surface area contributed by atoms with Crippen molar-refractivity contribution in [2.45, 2.75) is 104 Å². The minimum atomic E-state index is -4.93. The molecule has 56 heavy (non-hydrogen) atoms. The zero-order valence-corrected chi connectivity index (χ0v) is 32.1. The highest BCUT2D eigenvalue weighted by Gasteiger charge is 2.57. The number of halogens is 7. The molecular formula is C42H46F7N3O4. The second-order valence-corrected chi connectivity index (χ2v) is 15.6. The Morgan fingerprint density at radius 1 is 1.02 bits per heavy atom. The maximum absolute atomic E-state index is 16.8. The van der Waals surface area contributed by atoms with Gasteiger partial charge in [0.25, 0.3) is 11.5 Å². The maximum Gasteiger partial charge on any atom is 0.416 e. The van der Waals surface area contributed by atoms with E-state index in [1.807, 2.05) is 6.92 Å². The number of aromatic nitrogens is 1. The van der Waals surface area contributed by atoms with E-state index in [9.17, 15) is 41.4 Å². The zero-order chi connectivity index (χ0) is 41.4. The molecule has 0 bridgehead atoms. The largest absolute Gasteiger partial charge is 0.481 e. The number of alkyl halides is 5. The molecule has 5 rings (SSSR count). The van der Waals surface area contributed by atoms with E-state index in [1.54, 1.807) is 44.7 Å². The molecule has 1 aromatic heterocycles. The Labute approximate surface area is 321 Å². The first kappa shape index (κ1) is 42.5. The van der Waals surface area contributed by atoms with Gasteiger partial charge < -0.3 is 19.9 Å². The van der Waals surface area contributed by atoms with Gasteiger partial charge in [-0.25, -0.2) is 17.6 Å². The number of carbonyl (C=O) groups excluding carboxylic acids is 1. The number of carboxylic acid groups (broad SMARTS) is 1. The fourth-order valence-corrected chi connectivity index (χ4v) is 8.02. The third kappa shape index (κ3) is 9.31. The Kier molecular flexibility index (Phi) is 12.5. The van der Waals surface area contributed by atoms with E-state index < -0.39 is 82.6 Å². The highest BCUT2D eigenvalue weighted by Crippen LogP contribution is 2.49. The van der Waals surface area contributed by atoms with Gasteiger partial charge in [0.2, 0.25) is 5.91 Å². The van der Waals surface area contributed by atoms with Crippen LogP contribution in [0.2, 0.25) is 0 Å². The van der Waals surface area contributed by atoms with Crippen LogP contribution in [0.25, 0.3) is 11.1 Å². The molecule has 2 N–H and O–H groups in total. The van der Waals surface area contributed by atoms with Crippen LogP contribution in [0.5, 0.6) is 0 Å². The Morgan fingerprint density at radius 3 is 2.14 bits per heavy atom. The lowest BCUT2D eigenvalue weighted by atomic mass is 9.87. The van der Waals surface area contributed by atoms with Crippen molar-refractivity contribution < 1.29 is 45.4 Å². The summed E-state index contributed by atoms with van der Waals surface area (Å²) in [6.07, 6.45) is -4.90. The van der Waals surface area contributed by atoms with Crippen molar-refractivity contribution in [3.8, 4) is 23.0 Å². The third-order valence-corrected chi connectivity index (χ3v) is 10.7. The van der Waals surface area contributed by atoms with E-state index in [-0.39, 0.29) is 67.9 Å². The van der Waals surface area contributed by atoms with Crippen LogP contribution in [0.4, 0.5) is 30.7 Å². The summed E-state index contributed by atoms with van der Waals surface area (Å²) in [5, 5.41) is 12.4. The highest BCUT2D eigenvalue weighted by atomic mass is 19.4. The van der Waals surface area contributed by atoms with Crippen molar-refractivity contribution in [3.63, 3.8) is 0 Å². The minimum Gasteiger partial charge on any atom is -0.481 e. The predicted octanol–water partition coefficient (Wildman–Crippen LogP) is 8.86. The van der Waals surface area contributed by atoms with Crippen molar-refractivity contribution in [1.82, 2.24) is 14.8 Å². The summed E-state index contributed by atoms with van der Waals surface area (Å²) in [4.78, 5) is 41.8. The fourth-order valence-electron chi connectivity index (χ4n) is 8.02. The summed E-state index contributed by atoms with van der Waals surface area (Å²) >= 11 is 0. The molecule has 1 amide bonds. The van der Waals surface area contributed by atoms with Crippen LogP contribution in [0.1, 0.15) is 110 Å².